The highest BCUT2D eigenvalue weighted by molar-refractivity contribution is 6.31. The largest absolute Gasteiger partial charge is 0.423 e. The second-order valence-electron chi connectivity index (χ2n) is 5.32. The molecule has 1 aromatic heterocycles. The van der Waals surface area contributed by atoms with E-state index >= 15 is 0 Å². The molecule has 3 rings (SSSR count). The first kappa shape index (κ1) is 16.9. The SMILES string of the molecule is CCC(=O)c1ccc(OC(=O)c2cc3cc(Cl)ccc3oc2=O)cc1. The number of rotatable bonds is 4. The molecule has 2 aromatic carbocycles. The smallest absolute Gasteiger partial charge is 0.351 e. The number of hydrogen-bond donors (Lipinski definition) is 0. The van der Waals surface area contributed by atoms with Crippen LogP contribution < -0.4 is 10.4 Å². The fraction of sp³-hybridized carbons (Fsp3) is 0.105. The molecule has 6 heteroatoms. The molecule has 0 saturated carbocycles. The molecule has 25 heavy (non-hydrogen) atoms. The number of halogens is 1. The molecule has 0 unspecified atom stereocenters. The fourth-order valence-electron chi connectivity index (χ4n) is 2.31. The molecule has 5 nitrogen and oxygen atoms in total. The Morgan fingerprint density at radius 3 is 2.48 bits per heavy atom. The normalized spacial score (nSPS) is 10.6. The Hall–Kier alpha value is -2.92. The summed E-state index contributed by atoms with van der Waals surface area (Å²) in [6, 6.07) is 12.2. The van der Waals surface area contributed by atoms with Crippen molar-refractivity contribution in [2.45, 2.75) is 13.3 Å². The maximum Gasteiger partial charge on any atom is 0.351 e. The zero-order valence-corrected chi connectivity index (χ0v) is 14.0. The predicted molar refractivity (Wildman–Crippen MR) is 93.5 cm³/mol. The lowest BCUT2D eigenvalue weighted by Gasteiger charge is -2.05. The van der Waals surface area contributed by atoms with Crippen LogP contribution in [0.5, 0.6) is 5.75 Å². The number of hydrogen-bond acceptors (Lipinski definition) is 5. The molecule has 0 aliphatic heterocycles. The van der Waals surface area contributed by atoms with E-state index in [4.69, 9.17) is 20.8 Å². The monoisotopic (exact) mass is 356 g/mol. The average Bonchev–Trinajstić information content (AvgIpc) is 2.61. The molecule has 0 bridgehead atoms. The maximum absolute atomic E-state index is 12.3. The quantitative estimate of drug-likeness (QED) is 0.302. The number of carbonyl (C=O) groups excluding carboxylic acids is 2. The number of benzene rings is 2. The van der Waals surface area contributed by atoms with Gasteiger partial charge >= 0.3 is 11.6 Å². The van der Waals surface area contributed by atoms with Gasteiger partial charge in [0.05, 0.1) is 0 Å². The van der Waals surface area contributed by atoms with Gasteiger partial charge < -0.3 is 9.15 Å². The van der Waals surface area contributed by atoms with Crippen LogP contribution >= 0.6 is 11.6 Å². The van der Waals surface area contributed by atoms with Gasteiger partial charge in [-0.2, -0.15) is 0 Å². The van der Waals surface area contributed by atoms with Gasteiger partial charge in [-0.15, -0.1) is 0 Å². The van der Waals surface area contributed by atoms with Crippen LogP contribution in [0.4, 0.5) is 0 Å². The summed E-state index contributed by atoms with van der Waals surface area (Å²) in [5.41, 5.74) is -0.170. The van der Waals surface area contributed by atoms with Gasteiger partial charge in [-0.05, 0) is 48.5 Å². The Balaban J connectivity index is 1.88. The Morgan fingerprint density at radius 1 is 1.08 bits per heavy atom. The lowest BCUT2D eigenvalue weighted by molar-refractivity contribution is 0.0730. The summed E-state index contributed by atoms with van der Waals surface area (Å²) in [7, 11) is 0. The Labute approximate surface area is 147 Å². The summed E-state index contributed by atoms with van der Waals surface area (Å²) in [5.74, 6) is -0.627. The van der Waals surface area contributed by atoms with Crippen molar-refractivity contribution in [2.75, 3.05) is 0 Å². The number of ether oxygens (including phenoxy) is 1. The first-order valence-corrected chi connectivity index (χ1v) is 7.94. The van der Waals surface area contributed by atoms with E-state index in [1.165, 1.54) is 18.2 Å². The predicted octanol–water partition coefficient (Wildman–Crippen LogP) is 4.26. The standard InChI is InChI=1S/C19H13ClO5/c1-2-16(21)11-3-6-14(7-4-11)24-18(22)15-10-12-9-13(20)5-8-17(12)25-19(15)23/h3-10H,2H2,1H3. The average molecular weight is 357 g/mol. The van der Waals surface area contributed by atoms with Crippen molar-refractivity contribution in [3.63, 3.8) is 0 Å². The highest BCUT2D eigenvalue weighted by Crippen LogP contribution is 2.20. The van der Waals surface area contributed by atoms with Crippen LogP contribution in [0.2, 0.25) is 5.02 Å². The van der Waals surface area contributed by atoms with E-state index < -0.39 is 11.6 Å². The van der Waals surface area contributed by atoms with Crippen LogP contribution in [-0.4, -0.2) is 11.8 Å². The van der Waals surface area contributed by atoms with Gasteiger partial charge in [-0.1, -0.05) is 18.5 Å². The van der Waals surface area contributed by atoms with E-state index in [0.29, 0.717) is 28.0 Å². The molecule has 3 aromatic rings. The van der Waals surface area contributed by atoms with Crippen LogP contribution in [0.15, 0.2) is 57.7 Å². The summed E-state index contributed by atoms with van der Waals surface area (Å²) in [4.78, 5) is 35.8. The third-order valence-corrected chi connectivity index (χ3v) is 3.86. The summed E-state index contributed by atoms with van der Waals surface area (Å²) in [5, 5.41) is 0.972. The van der Waals surface area contributed by atoms with E-state index in [1.807, 2.05) is 0 Å². The van der Waals surface area contributed by atoms with Crippen molar-refractivity contribution in [3.05, 3.63) is 75.1 Å². The minimum absolute atomic E-state index is 0.00933. The summed E-state index contributed by atoms with van der Waals surface area (Å²) < 4.78 is 10.3. The Morgan fingerprint density at radius 2 is 1.80 bits per heavy atom. The molecule has 1 heterocycles. The summed E-state index contributed by atoms with van der Waals surface area (Å²) >= 11 is 5.91. The minimum atomic E-state index is -0.842. The molecular formula is C19H13ClO5. The van der Waals surface area contributed by atoms with Crippen LogP contribution in [0.1, 0.15) is 34.1 Å². The lowest BCUT2D eigenvalue weighted by atomic mass is 10.1. The summed E-state index contributed by atoms with van der Waals surface area (Å²) in [6.07, 6.45) is 0.389. The number of ketones is 1. The zero-order chi connectivity index (χ0) is 18.0. The molecular weight excluding hydrogens is 344 g/mol. The van der Waals surface area contributed by atoms with Crippen LogP contribution in [-0.2, 0) is 0 Å². The van der Waals surface area contributed by atoms with Crippen molar-refractivity contribution in [2.24, 2.45) is 0 Å². The third kappa shape index (κ3) is 3.61. The second kappa shape index (κ2) is 6.91. The minimum Gasteiger partial charge on any atom is -0.423 e. The highest BCUT2D eigenvalue weighted by Gasteiger charge is 2.16. The molecule has 0 amide bonds. The van der Waals surface area contributed by atoms with E-state index in [1.54, 1.807) is 37.3 Å². The molecule has 0 N–H and O–H groups in total. The van der Waals surface area contributed by atoms with Crippen molar-refractivity contribution in [1.29, 1.82) is 0 Å². The van der Waals surface area contributed by atoms with E-state index in [2.05, 4.69) is 0 Å². The maximum atomic E-state index is 12.3. The molecule has 0 atom stereocenters. The van der Waals surface area contributed by atoms with Crippen molar-refractivity contribution in [1.82, 2.24) is 0 Å². The van der Waals surface area contributed by atoms with Gasteiger partial charge in [0.15, 0.2) is 5.78 Å². The van der Waals surface area contributed by atoms with Crippen LogP contribution in [0.25, 0.3) is 11.0 Å². The molecule has 0 radical (unpaired) electrons. The fourth-order valence-corrected chi connectivity index (χ4v) is 2.49. The van der Waals surface area contributed by atoms with Gasteiger partial charge in [-0.25, -0.2) is 9.59 Å². The molecule has 0 saturated heterocycles. The number of Topliss-reactive ketones (excluding diaryl/α,β-unsaturated/α-hetero) is 1. The molecule has 0 aliphatic carbocycles. The van der Waals surface area contributed by atoms with Crippen LogP contribution in [0.3, 0.4) is 0 Å². The van der Waals surface area contributed by atoms with E-state index in [0.717, 1.165) is 0 Å². The van der Waals surface area contributed by atoms with Gasteiger partial charge in [0, 0.05) is 22.4 Å². The van der Waals surface area contributed by atoms with Crippen molar-refractivity contribution in [3.8, 4) is 5.75 Å². The molecule has 126 valence electrons. The summed E-state index contributed by atoms with van der Waals surface area (Å²) in [6.45, 7) is 1.77. The van der Waals surface area contributed by atoms with Crippen molar-refractivity contribution >= 4 is 34.3 Å². The van der Waals surface area contributed by atoms with Crippen molar-refractivity contribution < 1.29 is 18.7 Å². The molecule has 0 spiro atoms. The number of fused-ring (bicyclic) bond motifs is 1. The van der Waals surface area contributed by atoms with Gasteiger partial charge in [-0.3, -0.25) is 4.79 Å². The van der Waals surface area contributed by atoms with Gasteiger partial charge in [0.25, 0.3) is 0 Å². The topological polar surface area (TPSA) is 73.6 Å². The number of carbonyl (C=O) groups is 2. The van der Waals surface area contributed by atoms with E-state index in [-0.39, 0.29) is 17.1 Å². The third-order valence-electron chi connectivity index (χ3n) is 3.62. The van der Waals surface area contributed by atoms with Crippen LogP contribution in [0, 0.1) is 0 Å². The molecule has 0 fully saturated rings. The first-order chi connectivity index (χ1) is 12.0. The second-order valence-corrected chi connectivity index (χ2v) is 5.76. The molecule has 0 aliphatic rings. The zero-order valence-electron chi connectivity index (χ0n) is 13.2. The highest BCUT2D eigenvalue weighted by atomic mass is 35.5. The van der Waals surface area contributed by atoms with E-state index in [9.17, 15) is 14.4 Å². The first-order valence-electron chi connectivity index (χ1n) is 7.57. The van der Waals surface area contributed by atoms with Gasteiger partial charge in [0.2, 0.25) is 0 Å². The number of esters is 1. The lowest BCUT2D eigenvalue weighted by Crippen LogP contribution is -2.18. The van der Waals surface area contributed by atoms with Gasteiger partial charge in [0.1, 0.15) is 16.9 Å². The Kier molecular flexibility index (Phi) is 4.67. The Bertz CT molecular complexity index is 1020.